The summed E-state index contributed by atoms with van der Waals surface area (Å²) in [4.78, 5) is 12.5. The predicted octanol–water partition coefficient (Wildman–Crippen LogP) is 2.75. The molecule has 2 aliphatic heterocycles. The average Bonchev–Trinajstić information content (AvgIpc) is 2.88. The fourth-order valence-corrected chi connectivity index (χ4v) is 3.65. The molecule has 0 aliphatic carbocycles. The number of hydrogen-bond acceptors (Lipinski definition) is 5. The molecular weight excluding hydrogens is 360 g/mol. The molecule has 0 saturated carbocycles. The standard InChI is InChI=1S/C20H12O5.Ca.2H/c21-11-5-7-15-17(9-11)24-18-10-12(22)6-8-16(18)20(15)14-4-2-1-3-13(14)19(23)25-20;;;/h1-10,21-22H;;;. The first-order valence-corrected chi connectivity index (χ1v) is 7.77. The van der Waals surface area contributed by atoms with Crippen LogP contribution in [0.2, 0.25) is 0 Å². The second-order valence-corrected chi connectivity index (χ2v) is 6.08. The number of phenolic OH excluding ortho intramolecular Hbond substituents is 2. The van der Waals surface area contributed by atoms with Crippen LogP contribution in [0.3, 0.4) is 0 Å². The van der Waals surface area contributed by atoms with E-state index in [-0.39, 0.29) is 49.2 Å². The molecule has 2 heterocycles. The zero-order valence-corrected chi connectivity index (χ0v) is 12.9. The van der Waals surface area contributed by atoms with Crippen molar-refractivity contribution in [2.24, 2.45) is 0 Å². The Hall–Kier alpha value is -2.21. The van der Waals surface area contributed by atoms with E-state index in [1.54, 1.807) is 24.3 Å². The van der Waals surface area contributed by atoms with E-state index in [0.717, 1.165) is 0 Å². The van der Waals surface area contributed by atoms with Crippen molar-refractivity contribution >= 4 is 43.7 Å². The summed E-state index contributed by atoms with van der Waals surface area (Å²) in [6, 6.07) is 16.6. The van der Waals surface area contributed by atoms with Crippen molar-refractivity contribution in [2.45, 2.75) is 5.60 Å². The molecule has 5 rings (SSSR count). The Kier molecular flexibility index (Phi) is 3.91. The summed E-state index contributed by atoms with van der Waals surface area (Å²) >= 11 is 0. The van der Waals surface area contributed by atoms with Crippen molar-refractivity contribution in [3.63, 3.8) is 0 Å². The maximum atomic E-state index is 12.5. The summed E-state index contributed by atoms with van der Waals surface area (Å²) in [6.45, 7) is 0. The Morgan fingerprint density at radius 2 is 1.35 bits per heavy atom. The van der Waals surface area contributed by atoms with Gasteiger partial charge in [-0.1, -0.05) is 18.2 Å². The van der Waals surface area contributed by atoms with E-state index in [0.29, 0.717) is 33.8 Å². The third kappa shape index (κ3) is 2.18. The predicted molar refractivity (Wildman–Crippen MR) is 96.6 cm³/mol. The first kappa shape index (κ1) is 17.2. The van der Waals surface area contributed by atoms with Gasteiger partial charge in [0.15, 0.2) is 5.60 Å². The molecule has 126 valence electrons. The number of carbonyl (C=O) groups is 1. The van der Waals surface area contributed by atoms with Gasteiger partial charge in [0.1, 0.15) is 23.0 Å². The normalized spacial score (nSPS) is 15.2. The van der Waals surface area contributed by atoms with Crippen molar-refractivity contribution in [3.8, 4) is 23.0 Å². The Morgan fingerprint density at radius 1 is 0.769 bits per heavy atom. The zero-order chi connectivity index (χ0) is 17.2. The summed E-state index contributed by atoms with van der Waals surface area (Å²) in [5, 5.41) is 19.7. The Balaban J connectivity index is 0.00000168. The van der Waals surface area contributed by atoms with Crippen LogP contribution in [0, 0.1) is 0 Å². The SMILES string of the molecule is O=C1OC2(c3ccc(O)cc3Oc3cc(O)ccc32)c2ccccc21.[CaH2]. The maximum absolute atomic E-state index is 12.5. The van der Waals surface area contributed by atoms with Gasteiger partial charge in [0, 0.05) is 28.8 Å². The Morgan fingerprint density at radius 3 is 1.96 bits per heavy atom. The monoisotopic (exact) mass is 374 g/mol. The van der Waals surface area contributed by atoms with Gasteiger partial charge >= 0.3 is 43.7 Å². The van der Waals surface area contributed by atoms with Crippen molar-refractivity contribution < 1.29 is 24.5 Å². The minimum absolute atomic E-state index is 0. The minimum atomic E-state index is -1.17. The molecule has 2 aliphatic rings. The topological polar surface area (TPSA) is 76.0 Å². The van der Waals surface area contributed by atoms with Crippen molar-refractivity contribution in [3.05, 3.63) is 82.9 Å². The van der Waals surface area contributed by atoms with Crippen LogP contribution in [0.5, 0.6) is 23.0 Å². The number of benzene rings is 3. The van der Waals surface area contributed by atoms with Crippen LogP contribution in [-0.4, -0.2) is 53.9 Å². The fourth-order valence-electron chi connectivity index (χ4n) is 3.65. The van der Waals surface area contributed by atoms with Crippen LogP contribution in [0.25, 0.3) is 0 Å². The third-order valence-corrected chi connectivity index (χ3v) is 4.68. The molecule has 0 aromatic heterocycles. The van der Waals surface area contributed by atoms with Crippen LogP contribution < -0.4 is 4.74 Å². The van der Waals surface area contributed by atoms with Crippen LogP contribution >= 0.6 is 0 Å². The van der Waals surface area contributed by atoms with Gasteiger partial charge in [-0.3, -0.25) is 0 Å². The molecule has 26 heavy (non-hydrogen) atoms. The summed E-state index contributed by atoms with van der Waals surface area (Å²) in [5.74, 6) is 0.408. The van der Waals surface area contributed by atoms with E-state index in [1.807, 2.05) is 12.1 Å². The van der Waals surface area contributed by atoms with Crippen LogP contribution in [-0.2, 0) is 10.3 Å². The van der Waals surface area contributed by atoms with Gasteiger partial charge in [-0.15, -0.1) is 0 Å². The number of aromatic hydroxyl groups is 2. The number of phenols is 2. The van der Waals surface area contributed by atoms with Crippen LogP contribution in [0.1, 0.15) is 27.0 Å². The molecule has 6 heteroatoms. The van der Waals surface area contributed by atoms with Gasteiger partial charge in [0.25, 0.3) is 0 Å². The van der Waals surface area contributed by atoms with Crippen molar-refractivity contribution in [1.29, 1.82) is 0 Å². The van der Waals surface area contributed by atoms with E-state index < -0.39 is 11.6 Å². The van der Waals surface area contributed by atoms with E-state index in [9.17, 15) is 15.0 Å². The third-order valence-electron chi connectivity index (χ3n) is 4.68. The first-order chi connectivity index (χ1) is 12.1. The molecule has 0 atom stereocenters. The van der Waals surface area contributed by atoms with Gasteiger partial charge in [0.05, 0.1) is 5.56 Å². The second-order valence-electron chi connectivity index (χ2n) is 6.08. The van der Waals surface area contributed by atoms with Crippen molar-refractivity contribution in [1.82, 2.24) is 0 Å². The molecule has 3 aromatic carbocycles. The quantitative estimate of drug-likeness (QED) is 0.467. The number of esters is 1. The Labute approximate surface area is 178 Å². The molecule has 1 spiro atoms. The number of ether oxygens (including phenoxy) is 2. The molecule has 0 bridgehead atoms. The molecule has 5 nitrogen and oxygen atoms in total. The molecule has 2 N–H and O–H groups in total. The molecule has 0 radical (unpaired) electrons. The summed E-state index contributed by atoms with van der Waals surface area (Å²) < 4.78 is 11.8. The van der Waals surface area contributed by atoms with Crippen LogP contribution in [0.15, 0.2) is 60.7 Å². The van der Waals surface area contributed by atoms with Crippen LogP contribution in [0.4, 0.5) is 0 Å². The average molecular weight is 374 g/mol. The molecule has 3 aromatic rings. The van der Waals surface area contributed by atoms with E-state index >= 15 is 0 Å². The Bertz CT molecular complexity index is 1010. The molecule has 0 unspecified atom stereocenters. The molecular formula is C20H14CaO5. The van der Waals surface area contributed by atoms with Gasteiger partial charge in [-0.2, -0.15) is 0 Å². The number of fused-ring (bicyclic) bond motifs is 6. The summed E-state index contributed by atoms with van der Waals surface area (Å²) in [7, 11) is 0. The van der Waals surface area contributed by atoms with Gasteiger partial charge in [-0.25, -0.2) is 4.79 Å². The summed E-state index contributed by atoms with van der Waals surface area (Å²) in [6.07, 6.45) is 0. The van der Waals surface area contributed by atoms with Gasteiger partial charge in [-0.05, 0) is 30.3 Å². The first-order valence-electron chi connectivity index (χ1n) is 7.77. The molecule has 0 saturated heterocycles. The van der Waals surface area contributed by atoms with E-state index in [1.165, 1.54) is 24.3 Å². The van der Waals surface area contributed by atoms with E-state index in [2.05, 4.69) is 0 Å². The number of hydrogen-bond donors (Lipinski definition) is 2. The van der Waals surface area contributed by atoms with Gasteiger partial charge < -0.3 is 19.7 Å². The zero-order valence-electron chi connectivity index (χ0n) is 12.9. The number of rotatable bonds is 0. The fraction of sp³-hybridized carbons (Fsp3) is 0.0500. The van der Waals surface area contributed by atoms with Gasteiger partial charge in [0.2, 0.25) is 0 Å². The molecule has 0 amide bonds. The molecule has 0 fully saturated rings. The van der Waals surface area contributed by atoms with Crippen molar-refractivity contribution in [2.75, 3.05) is 0 Å². The number of carbonyl (C=O) groups excluding carboxylic acids is 1. The summed E-state index contributed by atoms with van der Waals surface area (Å²) in [5.41, 5.74) is 1.28. The van der Waals surface area contributed by atoms with E-state index in [4.69, 9.17) is 9.47 Å². The second kappa shape index (κ2) is 5.91.